The molecule has 28 heavy (non-hydrogen) atoms. The Morgan fingerprint density at radius 3 is 2.25 bits per heavy atom. The molecule has 0 aromatic heterocycles. The summed E-state index contributed by atoms with van der Waals surface area (Å²) in [6.45, 7) is 3.92. The number of anilines is 1. The van der Waals surface area contributed by atoms with E-state index in [4.69, 9.17) is 4.74 Å². The lowest BCUT2D eigenvalue weighted by Gasteiger charge is -2.12. The summed E-state index contributed by atoms with van der Waals surface area (Å²) in [5.41, 5.74) is 3.19. The van der Waals surface area contributed by atoms with Gasteiger partial charge in [-0.1, -0.05) is 42.0 Å². The molecule has 0 bridgehead atoms. The van der Waals surface area contributed by atoms with Gasteiger partial charge in [-0.2, -0.15) is 0 Å². The predicted octanol–water partition coefficient (Wildman–Crippen LogP) is 4.68. The molecule has 0 unspecified atom stereocenters. The molecule has 142 valence electrons. The van der Waals surface area contributed by atoms with Crippen molar-refractivity contribution in [2.75, 3.05) is 5.32 Å². The van der Waals surface area contributed by atoms with E-state index < -0.39 is 0 Å². The van der Waals surface area contributed by atoms with Crippen molar-refractivity contribution in [3.8, 4) is 11.5 Å². The van der Waals surface area contributed by atoms with E-state index in [0.717, 1.165) is 11.1 Å². The smallest absolute Gasteiger partial charge is 0.255 e. The molecular formula is C23H22N2O3. The van der Waals surface area contributed by atoms with Crippen LogP contribution in [0.3, 0.4) is 0 Å². The van der Waals surface area contributed by atoms with E-state index in [1.165, 1.54) is 6.92 Å². The zero-order valence-corrected chi connectivity index (χ0v) is 15.9. The van der Waals surface area contributed by atoms with Crippen LogP contribution in [0.2, 0.25) is 0 Å². The van der Waals surface area contributed by atoms with Gasteiger partial charge >= 0.3 is 0 Å². The van der Waals surface area contributed by atoms with E-state index in [2.05, 4.69) is 10.6 Å². The number of nitrogens with one attached hydrogen (secondary N) is 2. The third-order valence-electron chi connectivity index (χ3n) is 4.14. The molecule has 5 heteroatoms. The molecule has 0 aliphatic rings. The Balaban J connectivity index is 1.70. The van der Waals surface area contributed by atoms with Crippen LogP contribution in [0.5, 0.6) is 11.5 Å². The summed E-state index contributed by atoms with van der Waals surface area (Å²) >= 11 is 0. The van der Waals surface area contributed by atoms with Crippen molar-refractivity contribution in [3.05, 3.63) is 89.5 Å². The van der Waals surface area contributed by atoms with Crippen LogP contribution in [0.1, 0.15) is 28.4 Å². The van der Waals surface area contributed by atoms with Crippen LogP contribution < -0.4 is 15.4 Å². The third kappa shape index (κ3) is 5.20. The van der Waals surface area contributed by atoms with E-state index in [0.29, 0.717) is 29.3 Å². The highest BCUT2D eigenvalue weighted by Gasteiger charge is 2.10. The van der Waals surface area contributed by atoms with Crippen LogP contribution in [0, 0.1) is 6.92 Å². The van der Waals surface area contributed by atoms with Gasteiger partial charge in [0.25, 0.3) is 5.91 Å². The summed E-state index contributed by atoms with van der Waals surface area (Å²) in [6.07, 6.45) is 0. The van der Waals surface area contributed by atoms with Gasteiger partial charge in [-0.25, -0.2) is 0 Å². The standard InChI is InChI=1S/C23H22N2O3/c1-16-7-13-20(14-8-16)28-22-6-4-3-5-21(22)25-23(27)19-11-9-18(10-12-19)15-24-17(2)26/h3-14H,15H2,1-2H3,(H,24,26)(H,25,27). The number of aryl methyl sites for hydroxylation is 1. The van der Waals surface area contributed by atoms with Crippen molar-refractivity contribution in [2.45, 2.75) is 20.4 Å². The van der Waals surface area contributed by atoms with E-state index in [-0.39, 0.29) is 11.8 Å². The zero-order valence-electron chi connectivity index (χ0n) is 15.9. The molecule has 0 heterocycles. The maximum Gasteiger partial charge on any atom is 0.255 e. The molecule has 0 radical (unpaired) electrons. The Morgan fingerprint density at radius 1 is 0.893 bits per heavy atom. The number of carbonyl (C=O) groups excluding carboxylic acids is 2. The second-order valence-corrected chi connectivity index (χ2v) is 6.47. The first-order valence-corrected chi connectivity index (χ1v) is 8.99. The number of hydrogen-bond donors (Lipinski definition) is 2. The van der Waals surface area contributed by atoms with Crippen LogP contribution >= 0.6 is 0 Å². The zero-order chi connectivity index (χ0) is 19.9. The predicted molar refractivity (Wildman–Crippen MR) is 110 cm³/mol. The van der Waals surface area contributed by atoms with Crippen LogP contribution in [-0.2, 0) is 11.3 Å². The molecule has 3 rings (SSSR count). The van der Waals surface area contributed by atoms with E-state index in [9.17, 15) is 9.59 Å². The van der Waals surface area contributed by atoms with Gasteiger partial charge in [0.1, 0.15) is 5.75 Å². The minimum Gasteiger partial charge on any atom is -0.455 e. The van der Waals surface area contributed by atoms with Crippen LogP contribution in [-0.4, -0.2) is 11.8 Å². The van der Waals surface area contributed by atoms with Gasteiger partial charge in [-0.3, -0.25) is 9.59 Å². The largest absolute Gasteiger partial charge is 0.455 e. The average Bonchev–Trinajstić information content (AvgIpc) is 2.70. The van der Waals surface area contributed by atoms with Crippen molar-refractivity contribution < 1.29 is 14.3 Å². The summed E-state index contributed by atoms with van der Waals surface area (Å²) in [4.78, 5) is 23.6. The van der Waals surface area contributed by atoms with Gasteiger partial charge in [-0.15, -0.1) is 0 Å². The average molecular weight is 374 g/mol. The summed E-state index contributed by atoms with van der Waals surface area (Å²) < 4.78 is 5.92. The molecule has 0 atom stereocenters. The lowest BCUT2D eigenvalue weighted by molar-refractivity contribution is -0.119. The first-order valence-electron chi connectivity index (χ1n) is 8.99. The molecular weight excluding hydrogens is 352 g/mol. The first-order chi connectivity index (χ1) is 13.5. The minimum atomic E-state index is -0.231. The maximum absolute atomic E-state index is 12.6. The Bertz CT molecular complexity index is 964. The number of rotatable bonds is 6. The van der Waals surface area contributed by atoms with Gasteiger partial charge in [-0.05, 0) is 48.9 Å². The molecule has 0 fully saturated rings. The molecule has 0 saturated heterocycles. The Labute approximate surface area is 164 Å². The fourth-order valence-corrected chi connectivity index (χ4v) is 2.59. The Morgan fingerprint density at radius 2 is 1.57 bits per heavy atom. The second kappa shape index (κ2) is 8.86. The van der Waals surface area contributed by atoms with Gasteiger partial charge in [0.2, 0.25) is 5.91 Å². The van der Waals surface area contributed by atoms with Gasteiger partial charge in [0, 0.05) is 19.0 Å². The van der Waals surface area contributed by atoms with Crippen molar-refractivity contribution >= 4 is 17.5 Å². The van der Waals surface area contributed by atoms with E-state index in [1.807, 2.05) is 61.5 Å². The van der Waals surface area contributed by atoms with Gasteiger partial charge < -0.3 is 15.4 Å². The molecule has 0 saturated carbocycles. The first kappa shape index (κ1) is 19.2. The summed E-state index contributed by atoms with van der Waals surface area (Å²) in [7, 11) is 0. The van der Waals surface area contributed by atoms with Crippen LogP contribution in [0.25, 0.3) is 0 Å². The summed E-state index contributed by atoms with van der Waals surface area (Å²) in [5, 5.41) is 5.62. The molecule has 2 amide bonds. The fourth-order valence-electron chi connectivity index (χ4n) is 2.59. The number of hydrogen-bond acceptors (Lipinski definition) is 3. The van der Waals surface area contributed by atoms with Crippen molar-refractivity contribution in [3.63, 3.8) is 0 Å². The number of amides is 2. The van der Waals surface area contributed by atoms with Gasteiger partial charge in [0.05, 0.1) is 5.69 Å². The number of benzene rings is 3. The van der Waals surface area contributed by atoms with Crippen LogP contribution in [0.15, 0.2) is 72.8 Å². The highest BCUT2D eigenvalue weighted by molar-refractivity contribution is 6.05. The number of ether oxygens (including phenoxy) is 1. The highest BCUT2D eigenvalue weighted by atomic mass is 16.5. The Hall–Kier alpha value is -3.60. The van der Waals surface area contributed by atoms with Crippen molar-refractivity contribution in [1.82, 2.24) is 5.32 Å². The Kier molecular flexibility index (Phi) is 6.07. The lowest BCUT2D eigenvalue weighted by atomic mass is 10.1. The summed E-state index contributed by atoms with van der Waals surface area (Å²) in [5.74, 6) is 0.953. The lowest BCUT2D eigenvalue weighted by Crippen LogP contribution is -2.19. The molecule has 3 aromatic rings. The van der Waals surface area contributed by atoms with E-state index >= 15 is 0 Å². The molecule has 0 spiro atoms. The van der Waals surface area contributed by atoms with Crippen molar-refractivity contribution in [1.29, 1.82) is 0 Å². The molecule has 0 aliphatic heterocycles. The molecule has 0 aliphatic carbocycles. The monoisotopic (exact) mass is 374 g/mol. The highest BCUT2D eigenvalue weighted by Crippen LogP contribution is 2.29. The fraction of sp³-hybridized carbons (Fsp3) is 0.130. The second-order valence-electron chi connectivity index (χ2n) is 6.47. The maximum atomic E-state index is 12.6. The van der Waals surface area contributed by atoms with Crippen molar-refractivity contribution in [2.24, 2.45) is 0 Å². The minimum absolute atomic E-state index is 0.0907. The quantitative estimate of drug-likeness (QED) is 0.658. The van der Waals surface area contributed by atoms with Crippen LogP contribution in [0.4, 0.5) is 5.69 Å². The normalized spacial score (nSPS) is 10.2. The molecule has 3 aromatic carbocycles. The SMILES string of the molecule is CC(=O)NCc1ccc(C(=O)Nc2ccccc2Oc2ccc(C)cc2)cc1. The summed E-state index contributed by atoms with van der Waals surface area (Å²) in [6, 6.07) is 22.1. The topological polar surface area (TPSA) is 67.4 Å². The number of para-hydroxylation sites is 2. The molecule has 2 N–H and O–H groups in total. The molecule has 5 nitrogen and oxygen atoms in total. The van der Waals surface area contributed by atoms with E-state index in [1.54, 1.807) is 18.2 Å². The third-order valence-corrected chi connectivity index (χ3v) is 4.14. The number of carbonyl (C=O) groups is 2. The van der Waals surface area contributed by atoms with Gasteiger partial charge in [0.15, 0.2) is 5.75 Å².